The van der Waals surface area contributed by atoms with Crippen molar-refractivity contribution in [3.05, 3.63) is 89.5 Å². The Kier molecular flexibility index (Phi) is 6.26. The number of hydrogen-bond donors (Lipinski definition) is 1. The van der Waals surface area contributed by atoms with Crippen molar-refractivity contribution in [3.8, 4) is 16.9 Å². The first kappa shape index (κ1) is 21.6. The smallest absolute Gasteiger partial charge is 0.254 e. The van der Waals surface area contributed by atoms with Gasteiger partial charge in [0.05, 0.1) is 0 Å². The fourth-order valence-electron chi connectivity index (χ4n) is 4.27. The molecule has 3 aromatic carbocycles. The zero-order valence-corrected chi connectivity index (χ0v) is 18.5. The quantitative estimate of drug-likeness (QED) is 0.653. The molecule has 1 saturated heterocycles. The van der Waals surface area contributed by atoms with Crippen molar-refractivity contribution in [2.24, 2.45) is 0 Å². The van der Waals surface area contributed by atoms with Gasteiger partial charge in [-0.05, 0) is 66.8 Å². The summed E-state index contributed by atoms with van der Waals surface area (Å²) in [4.78, 5) is 29.6. The first-order valence-electron chi connectivity index (χ1n) is 11.0. The van der Waals surface area contributed by atoms with Crippen molar-refractivity contribution in [3.63, 3.8) is 0 Å². The first-order valence-corrected chi connectivity index (χ1v) is 11.0. The molecule has 0 unspecified atom stereocenters. The second-order valence-corrected chi connectivity index (χ2v) is 8.38. The highest BCUT2D eigenvalue weighted by Crippen LogP contribution is 2.24. The predicted octanol–water partition coefficient (Wildman–Crippen LogP) is 4.74. The Balaban J connectivity index is 1.36. The molecule has 32 heavy (non-hydrogen) atoms. The van der Waals surface area contributed by atoms with Gasteiger partial charge in [0.1, 0.15) is 5.75 Å². The number of hydrogen-bond acceptors (Lipinski definition) is 3. The molecule has 0 atom stereocenters. The molecule has 0 radical (unpaired) electrons. The molecule has 3 aromatic rings. The number of rotatable bonds is 4. The maximum atomic E-state index is 13.0. The lowest BCUT2D eigenvalue weighted by atomic mass is 10.00. The molecular formula is C27H28N2O3. The number of likely N-dealkylation sites (tertiary alicyclic amines) is 1. The Labute approximate surface area is 188 Å². The van der Waals surface area contributed by atoms with Crippen LogP contribution in [0.4, 0.5) is 0 Å². The molecule has 2 amide bonds. The highest BCUT2D eigenvalue weighted by molar-refractivity contribution is 5.96. The fraction of sp³-hybridized carbons (Fsp3) is 0.259. The van der Waals surface area contributed by atoms with E-state index in [1.165, 1.54) is 0 Å². The number of phenols is 1. The second-order valence-electron chi connectivity index (χ2n) is 8.38. The standard InChI is InChI=1S/C27H28N2O3/c1-19-5-3-4-6-25(19)27(32)28(2)23-15-17-29(18-16-23)26(31)22-9-7-20(8-10-22)21-11-13-24(30)14-12-21/h3-14,23,30H,15-18H2,1-2H3. The highest BCUT2D eigenvalue weighted by Gasteiger charge is 2.28. The molecule has 1 heterocycles. The van der Waals surface area contributed by atoms with E-state index >= 15 is 0 Å². The van der Waals surface area contributed by atoms with Crippen molar-refractivity contribution in [2.45, 2.75) is 25.8 Å². The molecule has 0 bridgehead atoms. The van der Waals surface area contributed by atoms with Crippen LogP contribution in [0.5, 0.6) is 5.75 Å². The van der Waals surface area contributed by atoms with E-state index in [4.69, 9.17) is 0 Å². The summed E-state index contributed by atoms with van der Waals surface area (Å²) in [5.74, 6) is 0.293. The van der Waals surface area contributed by atoms with Crippen LogP contribution >= 0.6 is 0 Å². The van der Waals surface area contributed by atoms with Gasteiger partial charge < -0.3 is 14.9 Å². The van der Waals surface area contributed by atoms with Crippen molar-refractivity contribution < 1.29 is 14.7 Å². The number of carbonyl (C=O) groups excluding carboxylic acids is 2. The molecule has 5 nitrogen and oxygen atoms in total. The largest absolute Gasteiger partial charge is 0.508 e. The molecule has 5 heteroatoms. The Morgan fingerprint density at radius 2 is 1.44 bits per heavy atom. The monoisotopic (exact) mass is 428 g/mol. The topological polar surface area (TPSA) is 60.9 Å². The van der Waals surface area contributed by atoms with Crippen LogP contribution in [0.1, 0.15) is 39.1 Å². The van der Waals surface area contributed by atoms with Crippen molar-refractivity contribution in [1.29, 1.82) is 0 Å². The van der Waals surface area contributed by atoms with Gasteiger partial charge in [-0.2, -0.15) is 0 Å². The van der Waals surface area contributed by atoms with Crippen LogP contribution < -0.4 is 0 Å². The summed E-state index contributed by atoms with van der Waals surface area (Å²) in [6.07, 6.45) is 1.54. The summed E-state index contributed by atoms with van der Waals surface area (Å²) in [7, 11) is 1.86. The molecular weight excluding hydrogens is 400 g/mol. The van der Waals surface area contributed by atoms with E-state index < -0.39 is 0 Å². The number of phenolic OH excluding ortho intramolecular Hbond substituents is 1. The summed E-state index contributed by atoms with van der Waals surface area (Å²) in [5, 5.41) is 9.45. The van der Waals surface area contributed by atoms with E-state index in [1.54, 1.807) is 12.1 Å². The minimum atomic E-state index is 0.0218. The maximum absolute atomic E-state index is 13.0. The van der Waals surface area contributed by atoms with E-state index in [0.717, 1.165) is 35.1 Å². The Hall–Kier alpha value is -3.60. The van der Waals surface area contributed by atoms with E-state index in [9.17, 15) is 14.7 Å². The third-order valence-electron chi connectivity index (χ3n) is 6.33. The number of piperidine rings is 1. The van der Waals surface area contributed by atoms with Crippen LogP contribution in [0, 0.1) is 6.92 Å². The zero-order chi connectivity index (χ0) is 22.7. The van der Waals surface area contributed by atoms with Crippen LogP contribution in [-0.4, -0.2) is 52.9 Å². The molecule has 0 aliphatic carbocycles. The zero-order valence-electron chi connectivity index (χ0n) is 18.5. The second kappa shape index (κ2) is 9.27. The summed E-state index contributed by atoms with van der Waals surface area (Å²) in [6.45, 7) is 3.22. The van der Waals surface area contributed by atoms with Crippen molar-refractivity contribution in [2.75, 3.05) is 20.1 Å². The van der Waals surface area contributed by atoms with Gasteiger partial charge in [0, 0.05) is 37.3 Å². The van der Waals surface area contributed by atoms with Gasteiger partial charge in [-0.15, -0.1) is 0 Å². The van der Waals surface area contributed by atoms with Crippen LogP contribution in [-0.2, 0) is 0 Å². The number of aromatic hydroxyl groups is 1. The Bertz CT molecular complexity index is 1100. The third-order valence-corrected chi connectivity index (χ3v) is 6.33. The van der Waals surface area contributed by atoms with E-state index in [-0.39, 0.29) is 23.6 Å². The lowest BCUT2D eigenvalue weighted by molar-refractivity contribution is 0.0569. The average molecular weight is 429 g/mol. The molecule has 1 aliphatic heterocycles. The van der Waals surface area contributed by atoms with Gasteiger partial charge in [0.15, 0.2) is 0 Å². The first-order chi connectivity index (χ1) is 15.4. The molecule has 1 N–H and O–H groups in total. The van der Waals surface area contributed by atoms with Gasteiger partial charge in [0.25, 0.3) is 11.8 Å². The highest BCUT2D eigenvalue weighted by atomic mass is 16.3. The molecule has 4 rings (SSSR count). The van der Waals surface area contributed by atoms with Crippen LogP contribution in [0.15, 0.2) is 72.8 Å². The summed E-state index contributed by atoms with van der Waals surface area (Å²) in [5.41, 5.74) is 4.37. The number of carbonyl (C=O) groups is 2. The van der Waals surface area contributed by atoms with Crippen LogP contribution in [0.25, 0.3) is 11.1 Å². The number of aryl methyl sites for hydroxylation is 1. The third kappa shape index (κ3) is 4.52. The molecule has 0 spiro atoms. The van der Waals surface area contributed by atoms with Crippen molar-refractivity contribution >= 4 is 11.8 Å². The SMILES string of the molecule is Cc1ccccc1C(=O)N(C)C1CCN(C(=O)c2ccc(-c3ccc(O)cc3)cc2)CC1. The van der Waals surface area contributed by atoms with Gasteiger partial charge in [-0.1, -0.05) is 42.5 Å². The van der Waals surface area contributed by atoms with E-state index in [1.807, 2.05) is 84.4 Å². The van der Waals surface area contributed by atoms with E-state index in [0.29, 0.717) is 18.7 Å². The maximum Gasteiger partial charge on any atom is 0.254 e. The summed E-state index contributed by atoms with van der Waals surface area (Å²) >= 11 is 0. The van der Waals surface area contributed by atoms with Crippen LogP contribution in [0.2, 0.25) is 0 Å². The van der Waals surface area contributed by atoms with E-state index in [2.05, 4.69) is 0 Å². The summed E-state index contributed by atoms with van der Waals surface area (Å²) in [6, 6.07) is 22.4. The average Bonchev–Trinajstić information content (AvgIpc) is 2.84. The lowest BCUT2D eigenvalue weighted by Crippen LogP contribution is -2.47. The number of nitrogens with zero attached hydrogens (tertiary/aromatic N) is 2. The molecule has 1 aliphatic rings. The minimum Gasteiger partial charge on any atom is -0.508 e. The van der Waals surface area contributed by atoms with Crippen molar-refractivity contribution in [1.82, 2.24) is 9.80 Å². The Morgan fingerprint density at radius 1 is 0.875 bits per heavy atom. The number of amides is 2. The molecule has 1 fully saturated rings. The molecule has 0 saturated carbocycles. The van der Waals surface area contributed by atoms with Gasteiger partial charge >= 0.3 is 0 Å². The molecule has 164 valence electrons. The minimum absolute atomic E-state index is 0.0218. The van der Waals surface area contributed by atoms with Gasteiger partial charge in [0.2, 0.25) is 0 Å². The van der Waals surface area contributed by atoms with Gasteiger partial charge in [-0.3, -0.25) is 9.59 Å². The number of benzene rings is 3. The normalized spacial score (nSPS) is 14.2. The Morgan fingerprint density at radius 3 is 2.03 bits per heavy atom. The fourth-order valence-corrected chi connectivity index (χ4v) is 4.27. The predicted molar refractivity (Wildman–Crippen MR) is 126 cm³/mol. The van der Waals surface area contributed by atoms with Gasteiger partial charge in [-0.25, -0.2) is 0 Å². The summed E-state index contributed by atoms with van der Waals surface area (Å²) < 4.78 is 0. The molecule has 0 aromatic heterocycles. The van der Waals surface area contributed by atoms with Crippen LogP contribution in [0.3, 0.4) is 0 Å². The lowest BCUT2D eigenvalue weighted by Gasteiger charge is -2.37.